The van der Waals surface area contributed by atoms with E-state index in [1.807, 2.05) is 34.6 Å². The Hall–Kier alpha value is -2.39. The van der Waals surface area contributed by atoms with Crippen molar-refractivity contribution in [3.63, 3.8) is 0 Å². The number of hydrogen-bond acceptors (Lipinski definition) is 27. The van der Waals surface area contributed by atoms with Crippen LogP contribution in [-0.4, -0.2) is 240 Å². The third-order valence-electron chi connectivity index (χ3n) is 20.2. The molecule has 5 heterocycles. The molecule has 0 radical (unpaired) electrons. The molecule has 5 aliphatic heterocycles. The van der Waals surface area contributed by atoms with Crippen LogP contribution in [0.5, 0.6) is 0 Å². The van der Waals surface area contributed by atoms with Gasteiger partial charge in [0.2, 0.25) is 0 Å². The van der Waals surface area contributed by atoms with Gasteiger partial charge in [0, 0.05) is 31.8 Å². The average Bonchev–Trinajstić information content (AvgIpc) is 1.70. The van der Waals surface area contributed by atoms with Gasteiger partial charge < -0.3 is 88.2 Å². The molecule has 5 saturated heterocycles. The predicted octanol–water partition coefficient (Wildman–Crippen LogP) is -1.30. The number of carbonyl (C=O) groups excluding carboxylic acids is 3. The summed E-state index contributed by atoms with van der Waals surface area (Å²) in [5.41, 5.74) is -3.37. The number of hydrogen-bond donors (Lipinski definition) is 10. The molecule has 2 unspecified atom stereocenters. The fraction of sp³-hybridized carbons (Fsp3) is 0.907. The fourth-order valence-electron chi connectivity index (χ4n) is 16.3. The Morgan fingerprint density at radius 1 is 0.729 bits per heavy atom. The number of rotatable bonds is 19. The van der Waals surface area contributed by atoms with E-state index >= 15 is 0 Å². The number of ketones is 2. The number of allylic oxidation sites excluding steroid dienone is 2. The first-order chi connectivity index (χ1) is 39.5. The molecule has 31 heteroatoms. The summed E-state index contributed by atoms with van der Waals surface area (Å²) in [5, 5.41) is 89.5. The molecule has 0 aromatic rings. The highest BCUT2D eigenvalue weighted by atomic mass is 32.3. The van der Waals surface area contributed by atoms with Crippen molar-refractivity contribution in [1.29, 1.82) is 0 Å². The summed E-state index contributed by atoms with van der Waals surface area (Å²) in [4.78, 5) is 42.0. The fourth-order valence-corrected chi connectivity index (χ4v) is 17.1. The summed E-state index contributed by atoms with van der Waals surface area (Å²) in [6.45, 7) is 12.5. The zero-order chi connectivity index (χ0) is 62.6. The van der Waals surface area contributed by atoms with E-state index in [1.54, 1.807) is 6.92 Å². The number of fused-ring (bicyclic) bond motifs is 4. The SMILES string of the molecule is CO[C@@H]1[C@@H](O)[C@H](O[C@@H]2[C@@H](O)[C@H](O[C@H]3[C@H](O)[C@@H](O)[C@H](O[C@H]4[C@H](O[C@H]5CC[C@]6(C)C7CC[C@]89C(=O)O[C@@](C)(CC(=O)CC(C)C)[C@H]8C(=O)C[C@@]9(C)C7=CCC6C5(C)C)OC[C@@H](OS(=O)(=O)O)[C@@H]4O)O[C@@H]3C)O[C@H](COS(=O)(=O)O)[C@H]2O)O[C@H](CO)[C@H]1O. The lowest BCUT2D eigenvalue weighted by Crippen LogP contribution is -2.67. The van der Waals surface area contributed by atoms with Gasteiger partial charge >= 0.3 is 26.8 Å². The van der Waals surface area contributed by atoms with Crippen LogP contribution in [0.3, 0.4) is 0 Å². The molecule has 9 rings (SSSR count). The summed E-state index contributed by atoms with van der Waals surface area (Å²) >= 11 is 0. The van der Waals surface area contributed by atoms with Crippen molar-refractivity contribution in [3.8, 4) is 0 Å². The van der Waals surface area contributed by atoms with Crippen LogP contribution in [0.4, 0.5) is 0 Å². The standard InChI is InChI=1S/C54H84O29S2/c1-22(2)16-24(56)17-53(8)44-27(57)18-52(7)26-10-11-31-50(4,5)32(13-14-51(31,6)25(26)12-15-54(44,52)49(65)82-53)78-48-43(35(60)30(20-73-48)83-85(69,70)71)81-45-37(62)36(61)40(23(3)75-45)79-47-39(64)42(34(59)29(77-47)21-74-84(66,67)68)80-46-38(63)41(72-9)33(58)28(19-55)76-46/h10,22-23,25,28-48,55,58-64H,11-21H2,1-9H3,(H,66,67,68)(H,69,70,71)/t23-,25?,28-,29-,30-,31?,32+,33-,34-,35+,36-,37-,38-,39-,40-,41+,42+,43-,44-,45+,46+,47+,48+,51-,52+,53+,54-/m1/s1. The minimum atomic E-state index is -5.23. The molecule has 8 fully saturated rings. The van der Waals surface area contributed by atoms with E-state index in [2.05, 4.69) is 17.2 Å². The average molecular weight is 1260 g/mol. The van der Waals surface area contributed by atoms with Gasteiger partial charge in [-0.25, -0.2) is 8.37 Å². The van der Waals surface area contributed by atoms with E-state index in [4.69, 9.17) is 51.6 Å². The number of methoxy groups -OCH3 is 1. The predicted molar refractivity (Wildman–Crippen MR) is 282 cm³/mol. The van der Waals surface area contributed by atoms with Crippen molar-refractivity contribution < 1.29 is 137 Å². The Morgan fingerprint density at radius 3 is 1.96 bits per heavy atom. The summed E-state index contributed by atoms with van der Waals surface area (Å²) in [6, 6.07) is 0. The van der Waals surface area contributed by atoms with Crippen LogP contribution in [-0.2, 0) is 90.9 Å². The third-order valence-corrected chi connectivity index (χ3v) is 21.1. The highest BCUT2D eigenvalue weighted by Crippen LogP contribution is 2.75. The van der Waals surface area contributed by atoms with Crippen LogP contribution in [0, 0.1) is 45.3 Å². The van der Waals surface area contributed by atoms with Crippen molar-refractivity contribution in [2.75, 3.05) is 26.9 Å². The highest BCUT2D eigenvalue weighted by Gasteiger charge is 2.79. The Labute approximate surface area is 492 Å². The number of cyclic esters (lactones) is 1. The van der Waals surface area contributed by atoms with Crippen molar-refractivity contribution in [2.45, 2.75) is 235 Å². The van der Waals surface area contributed by atoms with Crippen LogP contribution < -0.4 is 0 Å². The smallest absolute Gasteiger partial charge is 0.397 e. The zero-order valence-corrected chi connectivity index (χ0v) is 50.4. The van der Waals surface area contributed by atoms with Crippen LogP contribution in [0.15, 0.2) is 11.6 Å². The molecule has 4 aliphatic carbocycles. The Balaban J connectivity index is 0.919. The van der Waals surface area contributed by atoms with Gasteiger partial charge in [-0.3, -0.25) is 23.5 Å². The van der Waals surface area contributed by atoms with Gasteiger partial charge in [-0.1, -0.05) is 53.2 Å². The Bertz CT molecular complexity index is 2730. The molecular formula is C54H84O29S2. The van der Waals surface area contributed by atoms with E-state index in [0.717, 1.165) is 12.7 Å². The molecule has 0 aromatic carbocycles. The maximum atomic E-state index is 14.4. The maximum absolute atomic E-state index is 14.4. The second-order valence-electron chi connectivity index (χ2n) is 26.3. The van der Waals surface area contributed by atoms with Gasteiger partial charge in [-0.15, -0.1) is 0 Å². The number of ether oxygens (including phenoxy) is 10. The topological polar surface area (TPSA) is 433 Å². The Morgan fingerprint density at radius 2 is 1.34 bits per heavy atom. The van der Waals surface area contributed by atoms with Crippen LogP contribution in [0.1, 0.15) is 107 Å². The quantitative estimate of drug-likeness (QED) is 0.0408. The Kier molecular flexibility index (Phi) is 19.2. The number of esters is 1. The first kappa shape index (κ1) is 67.0. The highest BCUT2D eigenvalue weighted by molar-refractivity contribution is 7.81. The molecule has 29 nitrogen and oxygen atoms in total. The number of aliphatic hydroxyl groups is 8. The molecule has 10 N–H and O–H groups in total. The van der Waals surface area contributed by atoms with E-state index < -0.39 is 203 Å². The molecule has 9 aliphatic rings. The summed E-state index contributed by atoms with van der Waals surface area (Å²) < 4.78 is 135. The van der Waals surface area contributed by atoms with Crippen molar-refractivity contribution >= 4 is 38.3 Å². The molecular weight excluding hydrogens is 1180 g/mol. The summed E-state index contributed by atoms with van der Waals surface area (Å²) in [6.07, 6.45) is -30.4. The van der Waals surface area contributed by atoms with Gasteiger partial charge in [-0.05, 0) is 74.5 Å². The number of aliphatic hydroxyl groups excluding tert-OH is 8. The van der Waals surface area contributed by atoms with Crippen LogP contribution in [0.2, 0.25) is 0 Å². The van der Waals surface area contributed by atoms with Crippen LogP contribution >= 0.6 is 0 Å². The summed E-state index contributed by atoms with van der Waals surface area (Å²) in [5.74, 6) is -1.46. The van der Waals surface area contributed by atoms with Gasteiger partial charge in [0.25, 0.3) is 0 Å². The van der Waals surface area contributed by atoms with E-state index in [1.165, 1.54) is 6.92 Å². The molecule has 486 valence electrons. The summed E-state index contributed by atoms with van der Waals surface area (Å²) in [7, 11) is -9.29. The van der Waals surface area contributed by atoms with E-state index in [9.17, 15) is 81.2 Å². The molecule has 0 bridgehead atoms. The lowest BCUT2D eigenvalue weighted by atomic mass is 9.41. The number of carbonyl (C=O) groups is 3. The van der Waals surface area contributed by atoms with Gasteiger partial charge in [-0.2, -0.15) is 16.8 Å². The van der Waals surface area contributed by atoms with Crippen molar-refractivity contribution in [2.24, 2.45) is 45.3 Å². The van der Waals surface area contributed by atoms with Crippen LogP contribution in [0.25, 0.3) is 0 Å². The molecule has 0 amide bonds. The second kappa shape index (κ2) is 24.3. The van der Waals surface area contributed by atoms with Crippen molar-refractivity contribution in [3.05, 3.63) is 11.6 Å². The molecule has 3 saturated carbocycles. The largest absolute Gasteiger partial charge is 0.458 e. The lowest BCUT2D eigenvalue weighted by Gasteiger charge is -2.63. The molecule has 85 heavy (non-hydrogen) atoms. The van der Waals surface area contributed by atoms with Gasteiger partial charge in [0.1, 0.15) is 103 Å². The minimum absolute atomic E-state index is 0.0436. The lowest BCUT2D eigenvalue weighted by molar-refractivity contribution is -0.389. The maximum Gasteiger partial charge on any atom is 0.397 e. The minimum Gasteiger partial charge on any atom is -0.458 e. The first-order valence-corrected chi connectivity index (χ1v) is 31.6. The molecule has 0 aromatic heterocycles. The first-order valence-electron chi connectivity index (χ1n) is 28.8. The normalized spacial score (nSPS) is 48.2. The van der Waals surface area contributed by atoms with E-state index in [-0.39, 0.29) is 42.2 Å². The third kappa shape index (κ3) is 12.1. The zero-order valence-electron chi connectivity index (χ0n) is 48.8. The molecule has 27 atom stereocenters. The second-order valence-corrected chi connectivity index (χ2v) is 28.5. The molecule has 1 spiro atoms. The van der Waals surface area contributed by atoms with Crippen molar-refractivity contribution in [1.82, 2.24) is 0 Å². The van der Waals surface area contributed by atoms with Gasteiger partial charge in [0.05, 0.1) is 43.4 Å². The number of Topliss-reactive ketones (excluding diaryl/α,β-unsaturated/α-hetero) is 2. The monoisotopic (exact) mass is 1260 g/mol. The van der Waals surface area contributed by atoms with Gasteiger partial charge in [0.15, 0.2) is 25.2 Å². The van der Waals surface area contributed by atoms with E-state index in [0.29, 0.717) is 38.5 Å².